The van der Waals surface area contributed by atoms with Crippen LogP contribution in [0.4, 0.5) is 0 Å². The molecule has 2 rings (SSSR count). The predicted octanol–water partition coefficient (Wildman–Crippen LogP) is 0.744. The third kappa shape index (κ3) is 2.27. The molecule has 2 atom stereocenters. The van der Waals surface area contributed by atoms with Crippen LogP contribution in [-0.2, 0) is 11.3 Å². The van der Waals surface area contributed by atoms with Crippen LogP contribution in [0, 0.1) is 0 Å². The van der Waals surface area contributed by atoms with Crippen molar-refractivity contribution < 1.29 is 4.74 Å². The molecule has 2 unspecified atom stereocenters. The van der Waals surface area contributed by atoms with Gasteiger partial charge in [0.15, 0.2) is 0 Å². The Morgan fingerprint density at radius 2 is 2.57 bits per heavy atom. The van der Waals surface area contributed by atoms with Gasteiger partial charge in [0.2, 0.25) is 0 Å². The molecule has 0 amide bonds. The number of nitrogens with zero attached hydrogens (tertiary/aromatic N) is 2. The smallest absolute Gasteiger partial charge is 0.0769 e. The number of hydrogen-bond acceptors (Lipinski definition) is 4. The molecular formula is C10H15N3O. The maximum atomic E-state index is 5.46. The van der Waals surface area contributed by atoms with Gasteiger partial charge in [0.05, 0.1) is 11.8 Å². The van der Waals surface area contributed by atoms with E-state index in [2.05, 4.69) is 22.4 Å². The molecular weight excluding hydrogens is 178 g/mol. The first-order valence-electron chi connectivity index (χ1n) is 4.98. The first-order valence-corrected chi connectivity index (χ1v) is 4.98. The number of nitrogens with one attached hydrogen (secondary N) is 1. The molecule has 1 aromatic rings. The Bertz CT molecular complexity index is 278. The van der Waals surface area contributed by atoms with Crippen molar-refractivity contribution in [1.82, 2.24) is 15.5 Å². The number of rotatable bonds is 3. The van der Waals surface area contributed by atoms with Crippen molar-refractivity contribution in [1.29, 1.82) is 0 Å². The summed E-state index contributed by atoms with van der Waals surface area (Å²) in [5.41, 5.74) is 0.978. The standard InChI is InChI=1S/C10H15N3O/c1-8-10(4-6-14-8)11-7-9-3-2-5-12-13-9/h2-3,5,8,10-11H,4,6-7H2,1H3. The molecule has 1 saturated heterocycles. The van der Waals surface area contributed by atoms with Gasteiger partial charge in [-0.1, -0.05) is 0 Å². The van der Waals surface area contributed by atoms with Crippen molar-refractivity contribution >= 4 is 0 Å². The Kier molecular flexibility index (Phi) is 3.06. The SMILES string of the molecule is CC1OCCC1NCc1cccnn1. The fraction of sp³-hybridized carbons (Fsp3) is 0.600. The topological polar surface area (TPSA) is 47.0 Å². The summed E-state index contributed by atoms with van der Waals surface area (Å²) in [6.45, 7) is 3.73. The summed E-state index contributed by atoms with van der Waals surface area (Å²) in [5.74, 6) is 0. The maximum absolute atomic E-state index is 5.46. The molecule has 2 heterocycles. The van der Waals surface area contributed by atoms with E-state index in [1.54, 1.807) is 6.20 Å². The van der Waals surface area contributed by atoms with Gasteiger partial charge < -0.3 is 10.1 Å². The molecule has 1 N–H and O–H groups in total. The number of aromatic nitrogens is 2. The molecule has 4 heteroatoms. The van der Waals surface area contributed by atoms with E-state index in [-0.39, 0.29) is 0 Å². The van der Waals surface area contributed by atoms with Crippen LogP contribution in [0.15, 0.2) is 18.3 Å². The Morgan fingerprint density at radius 1 is 1.64 bits per heavy atom. The lowest BCUT2D eigenvalue weighted by Crippen LogP contribution is -2.34. The normalized spacial score (nSPS) is 26.6. The van der Waals surface area contributed by atoms with Gasteiger partial charge in [-0.25, -0.2) is 0 Å². The molecule has 0 bridgehead atoms. The lowest BCUT2D eigenvalue weighted by molar-refractivity contribution is 0.113. The minimum atomic E-state index is 0.312. The minimum Gasteiger partial charge on any atom is -0.377 e. The third-order valence-corrected chi connectivity index (χ3v) is 2.55. The van der Waals surface area contributed by atoms with Crippen LogP contribution >= 0.6 is 0 Å². The summed E-state index contributed by atoms with van der Waals surface area (Å²) < 4.78 is 5.46. The van der Waals surface area contributed by atoms with E-state index in [1.165, 1.54) is 0 Å². The maximum Gasteiger partial charge on any atom is 0.0769 e. The van der Waals surface area contributed by atoms with E-state index in [1.807, 2.05) is 12.1 Å². The lowest BCUT2D eigenvalue weighted by atomic mass is 10.1. The Morgan fingerprint density at radius 3 is 3.21 bits per heavy atom. The van der Waals surface area contributed by atoms with Crippen LogP contribution in [0.2, 0.25) is 0 Å². The fourth-order valence-corrected chi connectivity index (χ4v) is 1.66. The second-order valence-electron chi connectivity index (χ2n) is 3.57. The summed E-state index contributed by atoms with van der Waals surface area (Å²) in [7, 11) is 0. The van der Waals surface area contributed by atoms with Crippen LogP contribution in [0.25, 0.3) is 0 Å². The molecule has 1 aliphatic heterocycles. The molecule has 0 aromatic carbocycles. The van der Waals surface area contributed by atoms with E-state index < -0.39 is 0 Å². The molecule has 1 aliphatic rings. The average Bonchev–Trinajstić information content (AvgIpc) is 2.63. The van der Waals surface area contributed by atoms with Crippen molar-refractivity contribution in [2.75, 3.05) is 6.61 Å². The van der Waals surface area contributed by atoms with Gasteiger partial charge in [0.1, 0.15) is 0 Å². The average molecular weight is 193 g/mol. The van der Waals surface area contributed by atoms with Gasteiger partial charge in [-0.2, -0.15) is 10.2 Å². The quantitative estimate of drug-likeness (QED) is 0.769. The second-order valence-corrected chi connectivity index (χ2v) is 3.57. The molecule has 14 heavy (non-hydrogen) atoms. The second kappa shape index (κ2) is 4.48. The van der Waals surface area contributed by atoms with Crippen LogP contribution < -0.4 is 5.32 Å². The highest BCUT2D eigenvalue weighted by molar-refractivity contribution is 4.99. The van der Waals surface area contributed by atoms with Gasteiger partial charge in [0.25, 0.3) is 0 Å². The summed E-state index contributed by atoms with van der Waals surface area (Å²) in [6, 6.07) is 4.33. The van der Waals surface area contributed by atoms with Crippen molar-refractivity contribution in [3.63, 3.8) is 0 Å². The Labute approximate surface area is 83.7 Å². The summed E-state index contributed by atoms with van der Waals surface area (Å²) in [4.78, 5) is 0. The first kappa shape index (κ1) is 9.55. The molecule has 76 valence electrons. The van der Waals surface area contributed by atoms with Crippen molar-refractivity contribution in [3.05, 3.63) is 24.0 Å². The minimum absolute atomic E-state index is 0.312. The Hall–Kier alpha value is -1.00. The van der Waals surface area contributed by atoms with Crippen molar-refractivity contribution in [2.45, 2.75) is 32.0 Å². The summed E-state index contributed by atoms with van der Waals surface area (Å²) in [6.07, 6.45) is 3.08. The lowest BCUT2D eigenvalue weighted by Gasteiger charge is -2.15. The van der Waals surface area contributed by atoms with Gasteiger partial charge >= 0.3 is 0 Å². The highest BCUT2D eigenvalue weighted by Gasteiger charge is 2.23. The van der Waals surface area contributed by atoms with Crippen LogP contribution in [0.1, 0.15) is 19.0 Å². The highest BCUT2D eigenvalue weighted by atomic mass is 16.5. The third-order valence-electron chi connectivity index (χ3n) is 2.55. The van der Waals surface area contributed by atoms with Crippen molar-refractivity contribution in [2.24, 2.45) is 0 Å². The van der Waals surface area contributed by atoms with E-state index in [0.29, 0.717) is 12.1 Å². The highest BCUT2D eigenvalue weighted by Crippen LogP contribution is 2.12. The zero-order valence-corrected chi connectivity index (χ0v) is 8.31. The van der Waals surface area contributed by atoms with Crippen LogP contribution in [-0.4, -0.2) is 29.0 Å². The predicted molar refractivity (Wildman–Crippen MR) is 52.7 cm³/mol. The summed E-state index contributed by atoms with van der Waals surface area (Å²) in [5, 5.41) is 11.3. The Balaban J connectivity index is 1.82. The van der Waals surface area contributed by atoms with E-state index in [4.69, 9.17) is 4.74 Å². The largest absolute Gasteiger partial charge is 0.377 e. The number of hydrogen-bond donors (Lipinski definition) is 1. The molecule has 0 radical (unpaired) electrons. The van der Waals surface area contributed by atoms with Crippen molar-refractivity contribution in [3.8, 4) is 0 Å². The molecule has 0 spiro atoms. The van der Waals surface area contributed by atoms with E-state index in [9.17, 15) is 0 Å². The molecule has 0 aliphatic carbocycles. The van der Waals surface area contributed by atoms with Gasteiger partial charge in [-0.05, 0) is 25.5 Å². The monoisotopic (exact) mass is 193 g/mol. The van der Waals surface area contributed by atoms with Crippen LogP contribution in [0.3, 0.4) is 0 Å². The fourth-order valence-electron chi connectivity index (χ4n) is 1.66. The number of ether oxygens (including phenoxy) is 1. The van der Waals surface area contributed by atoms with Gasteiger partial charge in [-0.15, -0.1) is 0 Å². The summed E-state index contributed by atoms with van der Waals surface area (Å²) >= 11 is 0. The van der Waals surface area contributed by atoms with E-state index >= 15 is 0 Å². The molecule has 4 nitrogen and oxygen atoms in total. The zero-order valence-electron chi connectivity index (χ0n) is 8.31. The van der Waals surface area contributed by atoms with E-state index in [0.717, 1.165) is 25.3 Å². The molecule has 1 fully saturated rings. The van der Waals surface area contributed by atoms with Crippen LogP contribution in [0.5, 0.6) is 0 Å². The zero-order chi connectivity index (χ0) is 9.80. The molecule has 0 saturated carbocycles. The van der Waals surface area contributed by atoms with Gasteiger partial charge in [0, 0.05) is 25.4 Å². The van der Waals surface area contributed by atoms with Gasteiger partial charge in [-0.3, -0.25) is 0 Å². The first-order chi connectivity index (χ1) is 6.86. The molecule has 1 aromatic heterocycles.